The van der Waals surface area contributed by atoms with Gasteiger partial charge in [0, 0.05) is 24.2 Å². The van der Waals surface area contributed by atoms with E-state index in [1.54, 1.807) is 36.4 Å². The molecule has 3 aromatic carbocycles. The summed E-state index contributed by atoms with van der Waals surface area (Å²) in [5.74, 6) is -0.806. The maximum absolute atomic E-state index is 12.5. The summed E-state index contributed by atoms with van der Waals surface area (Å²) >= 11 is 0. The van der Waals surface area contributed by atoms with Gasteiger partial charge < -0.3 is 5.32 Å². The van der Waals surface area contributed by atoms with Crippen LogP contribution in [0.25, 0.3) is 22.2 Å². The van der Waals surface area contributed by atoms with E-state index in [2.05, 4.69) is 24.7 Å². The molecule has 1 amide bonds. The molecule has 0 unspecified atom stereocenters. The second-order valence-corrected chi connectivity index (χ2v) is 8.50. The zero-order valence-corrected chi connectivity index (χ0v) is 17.0. The lowest BCUT2D eigenvalue weighted by atomic mass is 10.1. The molecule has 31 heavy (non-hydrogen) atoms. The monoisotopic (exact) mass is 438 g/mol. The smallest absolute Gasteiger partial charge is 0.326 e. The molecule has 0 atom stereocenters. The quantitative estimate of drug-likeness (QED) is 0.406. The molecule has 0 saturated carbocycles. The Bertz CT molecular complexity index is 1410. The number of carbonyl (C=O) groups is 1. The molecular formula is C21H18N4O5S. The van der Waals surface area contributed by atoms with Gasteiger partial charge in [-0.25, -0.2) is 17.9 Å². The van der Waals surface area contributed by atoms with E-state index >= 15 is 0 Å². The van der Waals surface area contributed by atoms with Crippen LogP contribution >= 0.6 is 0 Å². The van der Waals surface area contributed by atoms with E-state index in [-0.39, 0.29) is 29.6 Å². The lowest BCUT2D eigenvalue weighted by molar-refractivity contribution is -0.116. The molecule has 0 aliphatic rings. The van der Waals surface area contributed by atoms with Crippen LogP contribution in [0.15, 0.2) is 80.9 Å². The molecule has 1 heterocycles. The summed E-state index contributed by atoms with van der Waals surface area (Å²) in [7, 11) is -3.74. The number of sulfonamides is 1. The van der Waals surface area contributed by atoms with E-state index in [0.29, 0.717) is 11.3 Å². The van der Waals surface area contributed by atoms with Crippen LogP contribution < -0.4 is 15.8 Å². The lowest BCUT2D eigenvalue weighted by Crippen LogP contribution is -2.27. The van der Waals surface area contributed by atoms with E-state index in [9.17, 15) is 18.0 Å². The Kier molecular flexibility index (Phi) is 5.65. The highest BCUT2D eigenvalue weighted by atomic mass is 32.2. The van der Waals surface area contributed by atoms with E-state index in [1.807, 2.05) is 24.3 Å². The number of nitrogens with zero attached hydrogens (tertiary/aromatic N) is 1. The third kappa shape index (κ3) is 4.87. The number of aromatic nitrogens is 2. The van der Waals surface area contributed by atoms with Crippen LogP contribution in [0.2, 0.25) is 0 Å². The van der Waals surface area contributed by atoms with Crippen molar-refractivity contribution in [3.63, 3.8) is 0 Å². The number of hydrogen-bond donors (Lipinski definition) is 3. The Morgan fingerprint density at radius 2 is 1.81 bits per heavy atom. The van der Waals surface area contributed by atoms with E-state index in [4.69, 9.17) is 0 Å². The Balaban J connectivity index is 1.36. The molecule has 158 valence electrons. The molecule has 0 fully saturated rings. The predicted octanol–water partition coefficient (Wildman–Crippen LogP) is 2.49. The first-order chi connectivity index (χ1) is 14.9. The van der Waals surface area contributed by atoms with Crippen LogP contribution in [0.4, 0.5) is 5.69 Å². The number of amides is 1. The van der Waals surface area contributed by atoms with Crippen molar-refractivity contribution in [2.75, 3.05) is 11.9 Å². The summed E-state index contributed by atoms with van der Waals surface area (Å²) in [5, 5.41) is 8.04. The van der Waals surface area contributed by atoms with E-state index in [1.165, 1.54) is 6.07 Å². The van der Waals surface area contributed by atoms with Gasteiger partial charge in [0.1, 0.15) is 0 Å². The van der Waals surface area contributed by atoms with Crippen LogP contribution in [0.3, 0.4) is 0 Å². The highest BCUT2D eigenvalue weighted by Gasteiger charge is 2.15. The maximum atomic E-state index is 12.5. The highest BCUT2D eigenvalue weighted by Crippen LogP contribution is 2.20. The average Bonchev–Trinajstić information content (AvgIpc) is 3.20. The van der Waals surface area contributed by atoms with Gasteiger partial charge in [-0.05, 0) is 35.0 Å². The molecule has 0 aliphatic carbocycles. The van der Waals surface area contributed by atoms with Crippen molar-refractivity contribution in [2.24, 2.45) is 0 Å². The summed E-state index contributed by atoms with van der Waals surface area (Å²) < 4.78 is 32.0. The molecule has 4 rings (SSSR count). The maximum Gasteiger partial charge on any atom is 0.439 e. The van der Waals surface area contributed by atoms with E-state index < -0.39 is 15.8 Å². The SMILES string of the molecule is O=C(CCNS(=O)(=O)c1ccc2ccccc2c1)Nc1cccc(-c2noc(=O)[nH]2)c1. The molecule has 9 nitrogen and oxygen atoms in total. The summed E-state index contributed by atoms with van der Waals surface area (Å²) in [6.07, 6.45) is -0.0577. The van der Waals surface area contributed by atoms with Gasteiger partial charge in [0.05, 0.1) is 4.90 Å². The number of aromatic amines is 1. The molecule has 10 heteroatoms. The number of H-pyrrole nitrogens is 1. The van der Waals surface area contributed by atoms with Crippen molar-refractivity contribution < 1.29 is 17.7 Å². The fourth-order valence-corrected chi connectivity index (χ4v) is 4.11. The highest BCUT2D eigenvalue weighted by molar-refractivity contribution is 7.89. The predicted molar refractivity (Wildman–Crippen MR) is 115 cm³/mol. The summed E-state index contributed by atoms with van der Waals surface area (Å²) in [6.45, 7) is -0.0582. The first-order valence-electron chi connectivity index (χ1n) is 9.35. The summed E-state index contributed by atoms with van der Waals surface area (Å²) in [6, 6.07) is 19.0. The van der Waals surface area contributed by atoms with Crippen molar-refractivity contribution in [2.45, 2.75) is 11.3 Å². The van der Waals surface area contributed by atoms with Crippen molar-refractivity contribution in [3.8, 4) is 11.4 Å². The molecule has 3 N–H and O–H groups in total. The second-order valence-electron chi connectivity index (χ2n) is 6.73. The van der Waals surface area contributed by atoms with Crippen molar-refractivity contribution in [1.82, 2.24) is 14.9 Å². The Morgan fingerprint density at radius 1 is 1.00 bits per heavy atom. The van der Waals surface area contributed by atoms with Crippen LogP contribution in [0, 0.1) is 0 Å². The van der Waals surface area contributed by atoms with Gasteiger partial charge >= 0.3 is 5.76 Å². The fourth-order valence-electron chi connectivity index (χ4n) is 3.04. The Labute approximate surface area is 177 Å². The van der Waals surface area contributed by atoms with Gasteiger partial charge in [0.25, 0.3) is 0 Å². The van der Waals surface area contributed by atoms with Gasteiger partial charge in [-0.15, -0.1) is 0 Å². The normalized spacial score (nSPS) is 11.5. The minimum Gasteiger partial charge on any atom is -0.326 e. The Hall–Kier alpha value is -3.76. The number of nitrogens with one attached hydrogen (secondary N) is 3. The molecule has 0 spiro atoms. The van der Waals surface area contributed by atoms with Crippen LogP contribution in [0.1, 0.15) is 6.42 Å². The first-order valence-corrected chi connectivity index (χ1v) is 10.8. The third-order valence-electron chi connectivity index (χ3n) is 4.54. The van der Waals surface area contributed by atoms with Crippen molar-refractivity contribution >= 4 is 32.4 Å². The second kappa shape index (κ2) is 8.54. The number of fused-ring (bicyclic) bond motifs is 1. The average molecular weight is 438 g/mol. The lowest BCUT2D eigenvalue weighted by Gasteiger charge is -2.09. The van der Waals surface area contributed by atoms with Crippen molar-refractivity contribution in [3.05, 3.63) is 77.3 Å². The van der Waals surface area contributed by atoms with Gasteiger partial charge in [0.2, 0.25) is 15.9 Å². The number of anilines is 1. The molecule has 0 aliphatic heterocycles. The van der Waals surface area contributed by atoms with E-state index in [0.717, 1.165) is 10.8 Å². The van der Waals surface area contributed by atoms with Gasteiger partial charge in [-0.2, -0.15) is 0 Å². The standard InChI is InChI=1S/C21H18N4O5S/c26-19(23-17-7-3-6-16(12-17)20-24-21(27)30-25-20)10-11-22-31(28,29)18-9-8-14-4-1-2-5-15(14)13-18/h1-9,12-13,22H,10-11H2,(H,23,26)(H,24,25,27). The summed E-state index contributed by atoms with van der Waals surface area (Å²) in [5.41, 5.74) is 1.03. The minimum absolute atomic E-state index is 0.0577. The van der Waals surface area contributed by atoms with Crippen LogP contribution in [-0.4, -0.2) is 31.0 Å². The third-order valence-corrected chi connectivity index (χ3v) is 5.99. The minimum atomic E-state index is -3.74. The summed E-state index contributed by atoms with van der Waals surface area (Å²) in [4.78, 5) is 25.9. The molecule has 0 radical (unpaired) electrons. The van der Waals surface area contributed by atoms with Crippen LogP contribution in [0.5, 0.6) is 0 Å². The number of carbonyl (C=O) groups excluding carboxylic acids is 1. The van der Waals surface area contributed by atoms with Crippen LogP contribution in [-0.2, 0) is 14.8 Å². The zero-order valence-electron chi connectivity index (χ0n) is 16.2. The molecule has 0 saturated heterocycles. The molecular weight excluding hydrogens is 420 g/mol. The largest absolute Gasteiger partial charge is 0.439 e. The Morgan fingerprint density at radius 3 is 2.58 bits per heavy atom. The topological polar surface area (TPSA) is 134 Å². The van der Waals surface area contributed by atoms with Crippen molar-refractivity contribution in [1.29, 1.82) is 0 Å². The van der Waals surface area contributed by atoms with Gasteiger partial charge in [0.15, 0.2) is 5.82 Å². The number of benzene rings is 3. The molecule has 4 aromatic rings. The van der Waals surface area contributed by atoms with Gasteiger partial charge in [-0.1, -0.05) is 47.6 Å². The number of hydrogen-bond acceptors (Lipinski definition) is 6. The zero-order chi connectivity index (χ0) is 21.8. The number of rotatable bonds is 7. The first kappa shape index (κ1) is 20.5. The molecule has 1 aromatic heterocycles. The van der Waals surface area contributed by atoms with Gasteiger partial charge in [-0.3, -0.25) is 14.3 Å². The fraction of sp³-hybridized carbons (Fsp3) is 0.0952. The molecule has 0 bridgehead atoms.